The molecular formula is C13H15N3. The van der Waals surface area contributed by atoms with E-state index in [2.05, 4.69) is 28.0 Å². The van der Waals surface area contributed by atoms with Gasteiger partial charge in [0, 0.05) is 18.5 Å². The monoisotopic (exact) mass is 213 g/mol. The molecule has 82 valence electrons. The number of benzene rings is 1. The Morgan fingerprint density at radius 3 is 2.75 bits per heavy atom. The van der Waals surface area contributed by atoms with Crippen LogP contribution in [0.1, 0.15) is 19.3 Å². The summed E-state index contributed by atoms with van der Waals surface area (Å²) >= 11 is 0. The fourth-order valence-electron chi connectivity index (χ4n) is 2.22. The molecule has 1 aliphatic carbocycles. The van der Waals surface area contributed by atoms with Gasteiger partial charge in [-0.05, 0) is 31.4 Å². The molecule has 0 amide bonds. The van der Waals surface area contributed by atoms with Crippen LogP contribution >= 0.6 is 0 Å². The summed E-state index contributed by atoms with van der Waals surface area (Å²) in [5, 5.41) is 1.15. The first-order valence-electron chi connectivity index (χ1n) is 5.79. The van der Waals surface area contributed by atoms with Gasteiger partial charge < -0.3 is 4.90 Å². The maximum atomic E-state index is 4.42. The Kier molecular flexibility index (Phi) is 2.24. The van der Waals surface area contributed by atoms with Crippen LogP contribution < -0.4 is 4.90 Å². The molecule has 0 radical (unpaired) electrons. The minimum absolute atomic E-state index is 0.665. The van der Waals surface area contributed by atoms with Gasteiger partial charge in [0.1, 0.15) is 12.1 Å². The SMILES string of the molecule is CN(c1ncnc2ccccc12)C1CCC1. The van der Waals surface area contributed by atoms with Crippen molar-refractivity contribution in [2.75, 3.05) is 11.9 Å². The predicted octanol–water partition coefficient (Wildman–Crippen LogP) is 2.62. The van der Waals surface area contributed by atoms with Crippen molar-refractivity contribution in [1.29, 1.82) is 0 Å². The molecule has 0 bridgehead atoms. The van der Waals surface area contributed by atoms with Crippen LogP contribution in [0.5, 0.6) is 0 Å². The van der Waals surface area contributed by atoms with Crippen molar-refractivity contribution in [3.05, 3.63) is 30.6 Å². The number of rotatable bonds is 2. The summed E-state index contributed by atoms with van der Waals surface area (Å²) in [4.78, 5) is 11.0. The predicted molar refractivity (Wildman–Crippen MR) is 65.6 cm³/mol. The summed E-state index contributed by atoms with van der Waals surface area (Å²) < 4.78 is 0. The van der Waals surface area contributed by atoms with Gasteiger partial charge in [-0.15, -0.1) is 0 Å². The zero-order valence-electron chi connectivity index (χ0n) is 9.43. The van der Waals surface area contributed by atoms with Gasteiger partial charge >= 0.3 is 0 Å². The van der Waals surface area contributed by atoms with E-state index < -0.39 is 0 Å². The lowest BCUT2D eigenvalue weighted by Gasteiger charge is -2.35. The maximum Gasteiger partial charge on any atom is 0.139 e. The van der Waals surface area contributed by atoms with Gasteiger partial charge in [0.05, 0.1) is 5.52 Å². The smallest absolute Gasteiger partial charge is 0.139 e. The number of hydrogen-bond donors (Lipinski definition) is 0. The van der Waals surface area contributed by atoms with E-state index in [-0.39, 0.29) is 0 Å². The van der Waals surface area contributed by atoms with Crippen LogP contribution in [0, 0.1) is 0 Å². The summed E-state index contributed by atoms with van der Waals surface area (Å²) in [5.74, 6) is 1.07. The lowest BCUT2D eigenvalue weighted by Crippen LogP contribution is -2.37. The average Bonchev–Trinajstić information content (AvgIpc) is 2.26. The molecule has 0 unspecified atom stereocenters. The van der Waals surface area contributed by atoms with Gasteiger partial charge in [0.2, 0.25) is 0 Å². The Labute approximate surface area is 95.1 Å². The van der Waals surface area contributed by atoms with Crippen LogP contribution in [0.15, 0.2) is 30.6 Å². The van der Waals surface area contributed by atoms with Gasteiger partial charge in [-0.1, -0.05) is 12.1 Å². The van der Waals surface area contributed by atoms with E-state index in [0.717, 1.165) is 16.7 Å². The van der Waals surface area contributed by atoms with Crippen LogP contribution in [0.4, 0.5) is 5.82 Å². The first kappa shape index (κ1) is 9.58. The number of anilines is 1. The Morgan fingerprint density at radius 2 is 2.00 bits per heavy atom. The molecule has 3 heteroatoms. The van der Waals surface area contributed by atoms with E-state index in [1.807, 2.05) is 18.2 Å². The second kappa shape index (κ2) is 3.74. The molecule has 1 aromatic carbocycles. The van der Waals surface area contributed by atoms with Gasteiger partial charge in [0.15, 0.2) is 0 Å². The molecule has 1 aromatic heterocycles. The van der Waals surface area contributed by atoms with Crippen molar-refractivity contribution in [2.45, 2.75) is 25.3 Å². The minimum atomic E-state index is 0.665. The summed E-state index contributed by atoms with van der Waals surface area (Å²) in [6.45, 7) is 0. The second-order valence-electron chi connectivity index (χ2n) is 4.41. The lowest BCUT2D eigenvalue weighted by atomic mass is 9.92. The maximum absolute atomic E-state index is 4.42. The van der Waals surface area contributed by atoms with Crippen LogP contribution in [0.2, 0.25) is 0 Å². The Bertz CT molecular complexity index is 500. The van der Waals surface area contributed by atoms with E-state index in [9.17, 15) is 0 Å². The molecule has 0 N–H and O–H groups in total. The quantitative estimate of drug-likeness (QED) is 0.768. The highest BCUT2D eigenvalue weighted by Gasteiger charge is 2.23. The van der Waals surface area contributed by atoms with Crippen molar-refractivity contribution in [3.8, 4) is 0 Å². The van der Waals surface area contributed by atoms with E-state index in [1.54, 1.807) is 6.33 Å². The summed E-state index contributed by atoms with van der Waals surface area (Å²) in [6, 6.07) is 8.86. The third-order valence-corrected chi connectivity index (χ3v) is 3.48. The summed E-state index contributed by atoms with van der Waals surface area (Å²) in [5.41, 5.74) is 1.03. The third kappa shape index (κ3) is 1.43. The van der Waals surface area contributed by atoms with Gasteiger partial charge in [0.25, 0.3) is 0 Å². The van der Waals surface area contributed by atoms with Crippen molar-refractivity contribution >= 4 is 16.7 Å². The normalized spacial score (nSPS) is 16.1. The number of para-hydroxylation sites is 1. The Balaban J connectivity index is 2.08. The van der Waals surface area contributed by atoms with E-state index in [0.29, 0.717) is 6.04 Å². The summed E-state index contributed by atoms with van der Waals surface area (Å²) in [6.07, 6.45) is 5.58. The van der Waals surface area contributed by atoms with Crippen molar-refractivity contribution in [1.82, 2.24) is 9.97 Å². The molecule has 3 nitrogen and oxygen atoms in total. The fraction of sp³-hybridized carbons (Fsp3) is 0.385. The number of nitrogens with zero attached hydrogens (tertiary/aromatic N) is 3. The van der Waals surface area contributed by atoms with Crippen LogP contribution in [0.3, 0.4) is 0 Å². The third-order valence-electron chi connectivity index (χ3n) is 3.48. The van der Waals surface area contributed by atoms with E-state index in [1.165, 1.54) is 19.3 Å². The molecule has 1 fully saturated rings. The molecule has 1 aliphatic rings. The van der Waals surface area contributed by atoms with Crippen LogP contribution in [-0.4, -0.2) is 23.1 Å². The van der Waals surface area contributed by atoms with E-state index in [4.69, 9.17) is 0 Å². The van der Waals surface area contributed by atoms with Gasteiger partial charge in [-0.25, -0.2) is 9.97 Å². The number of aromatic nitrogens is 2. The molecule has 0 spiro atoms. The Hall–Kier alpha value is -1.64. The Morgan fingerprint density at radius 1 is 1.19 bits per heavy atom. The molecule has 1 saturated carbocycles. The van der Waals surface area contributed by atoms with Crippen molar-refractivity contribution < 1.29 is 0 Å². The molecule has 0 aliphatic heterocycles. The number of fused-ring (bicyclic) bond motifs is 1. The van der Waals surface area contributed by atoms with Crippen molar-refractivity contribution in [3.63, 3.8) is 0 Å². The molecular weight excluding hydrogens is 198 g/mol. The zero-order chi connectivity index (χ0) is 11.0. The van der Waals surface area contributed by atoms with Gasteiger partial charge in [-0.3, -0.25) is 0 Å². The first-order valence-corrected chi connectivity index (χ1v) is 5.79. The molecule has 0 atom stereocenters. The van der Waals surface area contributed by atoms with Crippen LogP contribution in [0.25, 0.3) is 10.9 Å². The molecule has 0 saturated heterocycles. The van der Waals surface area contributed by atoms with Crippen molar-refractivity contribution in [2.24, 2.45) is 0 Å². The fourth-order valence-corrected chi connectivity index (χ4v) is 2.22. The summed E-state index contributed by atoms with van der Waals surface area (Å²) in [7, 11) is 2.14. The standard InChI is InChI=1S/C13H15N3/c1-16(10-5-4-6-10)13-11-7-2-3-8-12(11)14-9-15-13/h2-3,7-10H,4-6H2,1H3. The number of hydrogen-bond acceptors (Lipinski definition) is 3. The first-order chi connectivity index (χ1) is 7.86. The minimum Gasteiger partial charge on any atom is -0.356 e. The average molecular weight is 213 g/mol. The molecule has 2 aromatic rings. The van der Waals surface area contributed by atoms with Gasteiger partial charge in [-0.2, -0.15) is 0 Å². The topological polar surface area (TPSA) is 29.0 Å². The molecule has 1 heterocycles. The highest BCUT2D eigenvalue weighted by Crippen LogP contribution is 2.30. The van der Waals surface area contributed by atoms with Crippen LogP contribution in [-0.2, 0) is 0 Å². The lowest BCUT2D eigenvalue weighted by molar-refractivity contribution is 0.400. The largest absolute Gasteiger partial charge is 0.356 e. The highest BCUT2D eigenvalue weighted by atomic mass is 15.2. The molecule has 16 heavy (non-hydrogen) atoms. The highest BCUT2D eigenvalue weighted by molar-refractivity contribution is 5.89. The second-order valence-corrected chi connectivity index (χ2v) is 4.41. The van der Waals surface area contributed by atoms with E-state index >= 15 is 0 Å². The zero-order valence-corrected chi connectivity index (χ0v) is 9.43. The molecule has 3 rings (SSSR count).